The molecule has 5 nitrogen and oxygen atoms in total. The molecule has 0 spiro atoms. The molecule has 0 fully saturated rings. The third-order valence-corrected chi connectivity index (χ3v) is 3.95. The third kappa shape index (κ3) is 2.91. The normalized spacial score (nSPS) is 10.7. The number of hydrogen-bond acceptors (Lipinski definition) is 4. The second-order valence-corrected chi connectivity index (χ2v) is 5.71. The molecule has 1 aromatic heterocycles. The molecule has 0 atom stereocenters. The van der Waals surface area contributed by atoms with E-state index < -0.39 is 5.97 Å². The molecule has 0 amide bonds. The van der Waals surface area contributed by atoms with Crippen LogP contribution in [0.4, 0.5) is 5.82 Å². The van der Waals surface area contributed by atoms with Crippen LogP contribution in [-0.2, 0) is 6.54 Å². The molecule has 106 valence electrons. The summed E-state index contributed by atoms with van der Waals surface area (Å²) in [4.78, 5) is 11.3. The third-order valence-electron chi connectivity index (χ3n) is 2.73. The van der Waals surface area contributed by atoms with Gasteiger partial charge >= 0.3 is 5.97 Å². The van der Waals surface area contributed by atoms with Crippen molar-refractivity contribution in [3.05, 3.63) is 40.4 Å². The molecule has 0 saturated heterocycles. The molecule has 0 unspecified atom stereocenters. The Kier molecular flexibility index (Phi) is 4.57. The minimum atomic E-state index is -1.07. The van der Waals surface area contributed by atoms with Gasteiger partial charge in [0.25, 0.3) is 0 Å². The van der Waals surface area contributed by atoms with Crippen LogP contribution >= 0.6 is 23.4 Å². The topological polar surface area (TPSA) is 81.1 Å². The van der Waals surface area contributed by atoms with Gasteiger partial charge in [0.05, 0.1) is 6.54 Å². The second kappa shape index (κ2) is 6.19. The first kappa shape index (κ1) is 14.7. The van der Waals surface area contributed by atoms with Crippen molar-refractivity contribution in [3.8, 4) is 0 Å². The summed E-state index contributed by atoms with van der Waals surface area (Å²) in [5, 5.41) is 14.5. The molecule has 1 heterocycles. The molecule has 0 radical (unpaired) electrons. The van der Waals surface area contributed by atoms with Gasteiger partial charge in [-0.15, -0.1) is 11.8 Å². The Morgan fingerprint density at radius 2 is 2.20 bits per heavy atom. The second-order valence-electron chi connectivity index (χ2n) is 4.05. The van der Waals surface area contributed by atoms with Gasteiger partial charge in [0, 0.05) is 5.02 Å². The van der Waals surface area contributed by atoms with Gasteiger partial charge in [-0.1, -0.05) is 36.7 Å². The number of nitrogen functional groups attached to an aromatic ring is 1. The fourth-order valence-electron chi connectivity index (χ4n) is 1.80. The van der Waals surface area contributed by atoms with Crippen molar-refractivity contribution in [1.29, 1.82) is 0 Å². The van der Waals surface area contributed by atoms with Crippen molar-refractivity contribution >= 4 is 35.1 Å². The number of aromatic carboxylic acids is 1. The number of rotatable bonds is 5. The van der Waals surface area contributed by atoms with Crippen LogP contribution in [-0.4, -0.2) is 26.6 Å². The Balaban J connectivity index is 2.40. The average Bonchev–Trinajstić information content (AvgIpc) is 2.69. The molecular formula is C13H14ClN3O2S. The highest BCUT2D eigenvalue weighted by Crippen LogP contribution is 2.27. The van der Waals surface area contributed by atoms with Crippen LogP contribution in [0.2, 0.25) is 5.02 Å². The summed E-state index contributed by atoms with van der Waals surface area (Å²) in [5.41, 5.74) is 6.80. The van der Waals surface area contributed by atoms with E-state index in [0.717, 1.165) is 11.3 Å². The van der Waals surface area contributed by atoms with Gasteiger partial charge in [-0.05, 0) is 17.4 Å². The van der Waals surface area contributed by atoms with Crippen LogP contribution in [0.15, 0.2) is 29.3 Å². The lowest BCUT2D eigenvalue weighted by molar-refractivity contribution is 0.0694. The molecule has 7 heteroatoms. The molecule has 0 saturated carbocycles. The summed E-state index contributed by atoms with van der Waals surface area (Å²) in [6.45, 7) is 2.27. The number of carboxylic acid groups (broad SMARTS) is 1. The summed E-state index contributed by atoms with van der Waals surface area (Å²) in [6, 6.07) is 7.33. The monoisotopic (exact) mass is 311 g/mol. The van der Waals surface area contributed by atoms with Crippen molar-refractivity contribution < 1.29 is 9.90 Å². The Labute approximate surface area is 125 Å². The summed E-state index contributed by atoms with van der Waals surface area (Å²) >= 11 is 7.45. The van der Waals surface area contributed by atoms with E-state index in [2.05, 4.69) is 5.10 Å². The molecule has 0 aliphatic heterocycles. The summed E-state index contributed by atoms with van der Waals surface area (Å²) < 4.78 is 1.47. The van der Waals surface area contributed by atoms with E-state index in [1.54, 1.807) is 6.07 Å². The highest BCUT2D eigenvalue weighted by atomic mass is 35.5. The van der Waals surface area contributed by atoms with Gasteiger partial charge in [0.15, 0.2) is 0 Å². The lowest BCUT2D eigenvalue weighted by Gasteiger charge is -2.06. The number of anilines is 1. The van der Waals surface area contributed by atoms with E-state index in [1.165, 1.54) is 16.4 Å². The van der Waals surface area contributed by atoms with E-state index >= 15 is 0 Å². The van der Waals surface area contributed by atoms with Crippen molar-refractivity contribution in [3.63, 3.8) is 0 Å². The molecule has 20 heavy (non-hydrogen) atoms. The largest absolute Gasteiger partial charge is 0.477 e. The van der Waals surface area contributed by atoms with Gasteiger partial charge in [0.1, 0.15) is 16.4 Å². The molecule has 0 aliphatic carbocycles. The molecule has 1 aromatic carbocycles. The molecule has 0 bridgehead atoms. The summed E-state index contributed by atoms with van der Waals surface area (Å²) in [5.74, 6) is -0.194. The van der Waals surface area contributed by atoms with Crippen LogP contribution in [0, 0.1) is 0 Å². The predicted octanol–water partition coefficient (Wildman–Crippen LogP) is 2.98. The standard InChI is InChI=1S/C13H14ClN3O2S/c1-2-20-12-10(13(18)19)11(15)17(16-12)7-8-5-3-4-6-9(8)14/h3-6H,2,7,15H2,1H3,(H,18,19). The van der Waals surface area contributed by atoms with E-state index in [9.17, 15) is 9.90 Å². The Morgan fingerprint density at radius 3 is 2.80 bits per heavy atom. The van der Waals surface area contributed by atoms with Crippen LogP contribution in [0.25, 0.3) is 0 Å². The Bertz CT molecular complexity index is 643. The SMILES string of the molecule is CCSc1nn(Cc2ccccc2Cl)c(N)c1C(=O)O. The molecule has 2 rings (SSSR count). The van der Waals surface area contributed by atoms with Crippen molar-refractivity contribution in [2.24, 2.45) is 0 Å². The quantitative estimate of drug-likeness (QED) is 0.830. The molecule has 3 N–H and O–H groups in total. The predicted molar refractivity (Wildman–Crippen MR) is 80.6 cm³/mol. The van der Waals surface area contributed by atoms with E-state index in [0.29, 0.717) is 16.6 Å². The van der Waals surface area contributed by atoms with E-state index in [1.807, 2.05) is 25.1 Å². The zero-order chi connectivity index (χ0) is 14.7. The maximum absolute atomic E-state index is 11.3. The maximum Gasteiger partial charge on any atom is 0.342 e. The number of carboxylic acids is 1. The first-order valence-corrected chi connectivity index (χ1v) is 7.36. The molecular weight excluding hydrogens is 298 g/mol. The number of thioether (sulfide) groups is 1. The minimum Gasteiger partial charge on any atom is -0.477 e. The molecule has 0 aliphatic rings. The smallest absolute Gasteiger partial charge is 0.342 e. The van der Waals surface area contributed by atoms with Crippen molar-refractivity contribution in [2.75, 3.05) is 11.5 Å². The van der Waals surface area contributed by atoms with Crippen molar-refractivity contribution in [2.45, 2.75) is 18.5 Å². The maximum atomic E-state index is 11.3. The van der Waals surface area contributed by atoms with E-state index in [4.69, 9.17) is 17.3 Å². The van der Waals surface area contributed by atoms with Gasteiger partial charge in [-0.2, -0.15) is 5.10 Å². The Hall–Kier alpha value is -1.66. The van der Waals surface area contributed by atoms with Crippen LogP contribution in [0.5, 0.6) is 0 Å². The summed E-state index contributed by atoms with van der Waals surface area (Å²) in [7, 11) is 0. The first-order chi connectivity index (χ1) is 9.54. The summed E-state index contributed by atoms with van der Waals surface area (Å²) in [6.07, 6.45) is 0. The number of nitrogens with zero attached hydrogens (tertiary/aromatic N) is 2. The highest BCUT2D eigenvalue weighted by molar-refractivity contribution is 7.99. The number of halogens is 1. The van der Waals surface area contributed by atoms with Gasteiger partial charge < -0.3 is 10.8 Å². The molecule has 2 aromatic rings. The van der Waals surface area contributed by atoms with Crippen LogP contribution < -0.4 is 5.73 Å². The number of hydrogen-bond donors (Lipinski definition) is 2. The number of aromatic nitrogens is 2. The van der Waals surface area contributed by atoms with Gasteiger partial charge in [-0.3, -0.25) is 0 Å². The van der Waals surface area contributed by atoms with Gasteiger partial charge in [0.2, 0.25) is 0 Å². The minimum absolute atomic E-state index is 0.0592. The van der Waals surface area contributed by atoms with Crippen molar-refractivity contribution in [1.82, 2.24) is 9.78 Å². The zero-order valence-corrected chi connectivity index (χ0v) is 12.4. The lowest BCUT2D eigenvalue weighted by atomic mass is 10.2. The fourth-order valence-corrected chi connectivity index (χ4v) is 2.76. The zero-order valence-electron chi connectivity index (χ0n) is 10.8. The average molecular weight is 312 g/mol. The lowest BCUT2D eigenvalue weighted by Crippen LogP contribution is -2.08. The van der Waals surface area contributed by atoms with Gasteiger partial charge in [-0.25, -0.2) is 9.48 Å². The van der Waals surface area contributed by atoms with Crippen LogP contribution in [0.1, 0.15) is 22.8 Å². The number of nitrogens with two attached hydrogens (primary N) is 1. The fraction of sp³-hybridized carbons (Fsp3) is 0.231. The number of benzene rings is 1. The highest BCUT2D eigenvalue weighted by Gasteiger charge is 2.21. The van der Waals surface area contributed by atoms with E-state index in [-0.39, 0.29) is 11.4 Å². The first-order valence-electron chi connectivity index (χ1n) is 6.00. The Morgan fingerprint density at radius 1 is 1.50 bits per heavy atom. The van der Waals surface area contributed by atoms with Crippen LogP contribution in [0.3, 0.4) is 0 Å². The number of carbonyl (C=O) groups is 1.